The van der Waals surface area contributed by atoms with Crippen LogP contribution in [0.5, 0.6) is 0 Å². The van der Waals surface area contributed by atoms with Gasteiger partial charge in [-0.2, -0.15) is 5.10 Å². The van der Waals surface area contributed by atoms with E-state index in [0.29, 0.717) is 0 Å². The zero-order valence-electron chi connectivity index (χ0n) is 12.6. The van der Waals surface area contributed by atoms with Gasteiger partial charge in [-0.25, -0.2) is 0 Å². The van der Waals surface area contributed by atoms with Crippen LogP contribution in [0.4, 0.5) is 0 Å². The monoisotopic (exact) mass is 276 g/mol. The van der Waals surface area contributed by atoms with Crippen molar-refractivity contribution in [2.45, 2.75) is 45.4 Å². The van der Waals surface area contributed by atoms with Crippen molar-refractivity contribution in [2.75, 3.05) is 6.61 Å². The van der Waals surface area contributed by atoms with Gasteiger partial charge in [0.1, 0.15) is 0 Å². The van der Waals surface area contributed by atoms with Gasteiger partial charge in [0.25, 0.3) is 0 Å². The fourth-order valence-electron chi connectivity index (χ4n) is 1.81. The number of benzene rings is 1. The van der Waals surface area contributed by atoms with E-state index in [-0.39, 0.29) is 5.04 Å². The summed E-state index contributed by atoms with van der Waals surface area (Å²) in [6, 6.07) is 8.29. The summed E-state index contributed by atoms with van der Waals surface area (Å²) in [7, 11) is -1.65. The molecule has 0 aliphatic rings. The second-order valence-electron chi connectivity index (χ2n) is 6.54. The number of para-hydroxylation sites is 1. The molecule has 0 unspecified atom stereocenters. The van der Waals surface area contributed by atoms with Gasteiger partial charge in [-0.15, -0.1) is 0 Å². The Morgan fingerprint density at radius 2 is 1.89 bits per heavy atom. The molecule has 2 aromatic rings. The van der Waals surface area contributed by atoms with Gasteiger partial charge in [0.05, 0.1) is 24.9 Å². The summed E-state index contributed by atoms with van der Waals surface area (Å²) in [4.78, 5) is 0. The molecule has 4 heteroatoms. The SMILES string of the molecule is CC(C)(C)[Si](C)(C)OCCn1ncc2ccccc21. The largest absolute Gasteiger partial charge is 0.415 e. The summed E-state index contributed by atoms with van der Waals surface area (Å²) in [5.41, 5.74) is 1.18. The molecule has 0 N–H and O–H groups in total. The van der Waals surface area contributed by atoms with Gasteiger partial charge in [0.15, 0.2) is 8.32 Å². The van der Waals surface area contributed by atoms with Crippen LogP contribution in [0.15, 0.2) is 30.5 Å². The molecule has 104 valence electrons. The van der Waals surface area contributed by atoms with E-state index in [2.05, 4.69) is 57.2 Å². The Morgan fingerprint density at radius 1 is 1.21 bits per heavy atom. The molecule has 0 aliphatic carbocycles. The molecule has 1 aromatic carbocycles. The fourth-order valence-corrected chi connectivity index (χ4v) is 2.84. The lowest BCUT2D eigenvalue weighted by molar-refractivity contribution is 0.268. The van der Waals surface area contributed by atoms with E-state index in [1.165, 1.54) is 10.9 Å². The minimum Gasteiger partial charge on any atom is -0.415 e. The van der Waals surface area contributed by atoms with Crippen molar-refractivity contribution < 1.29 is 4.43 Å². The predicted octanol–water partition coefficient (Wildman–Crippen LogP) is 4.06. The molecular weight excluding hydrogens is 252 g/mol. The average molecular weight is 276 g/mol. The van der Waals surface area contributed by atoms with Crippen LogP contribution in [-0.4, -0.2) is 24.7 Å². The molecule has 0 spiro atoms. The number of hydrogen-bond donors (Lipinski definition) is 0. The van der Waals surface area contributed by atoms with Crippen molar-refractivity contribution in [3.8, 4) is 0 Å². The molecule has 3 nitrogen and oxygen atoms in total. The zero-order chi connectivity index (χ0) is 14.1. The maximum absolute atomic E-state index is 6.19. The van der Waals surface area contributed by atoms with Crippen LogP contribution in [0.3, 0.4) is 0 Å². The zero-order valence-corrected chi connectivity index (χ0v) is 13.6. The molecule has 0 radical (unpaired) electrons. The van der Waals surface area contributed by atoms with E-state index in [0.717, 1.165) is 13.2 Å². The first-order valence-electron chi connectivity index (χ1n) is 6.86. The number of nitrogens with zero attached hydrogens (tertiary/aromatic N) is 2. The highest BCUT2D eigenvalue weighted by Gasteiger charge is 2.36. The van der Waals surface area contributed by atoms with E-state index < -0.39 is 8.32 Å². The van der Waals surface area contributed by atoms with Gasteiger partial charge >= 0.3 is 0 Å². The minimum absolute atomic E-state index is 0.263. The van der Waals surface area contributed by atoms with E-state index in [1.54, 1.807) is 0 Å². The molecule has 0 atom stereocenters. The topological polar surface area (TPSA) is 27.1 Å². The second-order valence-corrected chi connectivity index (χ2v) is 11.3. The van der Waals surface area contributed by atoms with Gasteiger partial charge in [0, 0.05) is 5.39 Å². The maximum atomic E-state index is 6.19. The number of fused-ring (bicyclic) bond motifs is 1. The molecular formula is C15H24N2OSi. The standard InChI is InChI=1S/C15H24N2OSi/c1-15(2,3)19(4,5)18-11-10-17-14-9-7-6-8-13(14)12-16-17/h6-9,12H,10-11H2,1-5H3. The normalized spacial score (nSPS) is 13.1. The van der Waals surface area contributed by atoms with E-state index in [4.69, 9.17) is 4.43 Å². The van der Waals surface area contributed by atoms with Crippen LogP contribution in [0.1, 0.15) is 20.8 Å². The molecule has 0 amide bonds. The third-order valence-electron chi connectivity index (χ3n) is 4.12. The Balaban J connectivity index is 2.00. The third-order valence-corrected chi connectivity index (χ3v) is 8.66. The minimum atomic E-state index is -1.65. The lowest BCUT2D eigenvalue weighted by atomic mass is 10.2. The molecule has 0 saturated heterocycles. The first-order chi connectivity index (χ1) is 8.81. The van der Waals surface area contributed by atoms with Crippen LogP contribution in [-0.2, 0) is 11.0 Å². The van der Waals surface area contributed by atoms with Crippen LogP contribution in [0.2, 0.25) is 18.1 Å². The molecule has 2 rings (SSSR count). The highest BCUT2D eigenvalue weighted by Crippen LogP contribution is 2.36. The van der Waals surface area contributed by atoms with Crippen molar-refractivity contribution >= 4 is 19.2 Å². The van der Waals surface area contributed by atoms with Crippen molar-refractivity contribution in [3.05, 3.63) is 30.5 Å². The Bertz CT molecular complexity index is 555. The van der Waals surface area contributed by atoms with E-state index in [1.807, 2.05) is 16.9 Å². The third kappa shape index (κ3) is 3.07. The molecule has 19 heavy (non-hydrogen) atoms. The van der Waals surface area contributed by atoms with Crippen LogP contribution >= 0.6 is 0 Å². The highest BCUT2D eigenvalue weighted by molar-refractivity contribution is 6.74. The second kappa shape index (κ2) is 5.10. The first-order valence-corrected chi connectivity index (χ1v) is 9.77. The Hall–Kier alpha value is -1.13. The van der Waals surface area contributed by atoms with Gasteiger partial charge in [-0.05, 0) is 24.2 Å². The average Bonchev–Trinajstić information content (AvgIpc) is 2.71. The predicted molar refractivity (Wildman–Crippen MR) is 82.9 cm³/mol. The Morgan fingerprint density at radius 3 is 2.58 bits per heavy atom. The molecule has 0 bridgehead atoms. The number of aromatic nitrogens is 2. The lowest BCUT2D eigenvalue weighted by Crippen LogP contribution is -2.41. The quantitative estimate of drug-likeness (QED) is 0.787. The van der Waals surface area contributed by atoms with Crippen LogP contribution < -0.4 is 0 Å². The van der Waals surface area contributed by atoms with E-state index >= 15 is 0 Å². The van der Waals surface area contributed by atoms with Gasteiger partial charge in [-0.3, -0.25) is 4.68 Å². The maximum Gasteiger partial charge on any atom is 0.192 e. The fraction of sp³-hybridized carbons (Fsp3) is 0.533. The number of hydrogen-bond acceptors (Lipinski definition) is 2. The molecule has 0 fully saturated rings. The summed E-state index contributed by atoms with van der Waals surface area (Å²) in [6.07, 6.45) is 1.92. The molecule has 1 aromatic heterocycles. The summed E-state index contributed by atoms with van der Waals surface area (Å²) in [5.74, 6) is 0. The van der Waals surface area contributed by atoms with Crippen LogP contribution in [0, 0.1) is 0 Å². The summed E-state index contributed by atoms with van der Waals surface area (Å²) in [6.45, 7) is 12.9. The van der Waals surface area contributed by atoms with Crippen molar-refractivity contribution in [1.82, 2.24) is 9.78 Å². The Labute approximate surface area is 116 Å². The summed E-state index contributed by atoms with van der Waals surface area (Å²) >= 11 is 0. The summed E-state index contributed by atoms with van der Waals surface area (Å²) in [5, 5.41) is 5.88. The van der Waals surface area contributed by atoms with Crippen LogP contribution in [0.25, 0.3) is 10.9 Å². The van der Waals surface area contributed by atoms with Crippen molar-refractivity contribution in [1.29, 1.82) is 0 Å². The van der Waals surface area contributed by atoms with Gasteiger partial charge in [0.2, 0.25) is 0 Å². The van der Waals surface area contributed by atoms with Gasteiger partial charge < -0.3 is 4.43 Å². The smallest absolute Gasteiger partial charge is 0.192 e. The van der Waals surface area contributed by atoms with E-state index in [9.17, 15) is 0 Å². The van der Waals surface area contributed by atoms with Crippen molar-refractivity contribution in [3.63, 3.8) is 0 Å². The number of rotatable bonds is 4. The van der Waals surface area contributed by atoms with Crippen molar-refractivity contribution in [2.24, 2.45) is 0 Å². The first kappa shape index (κ1) is 14.3. The molecule has 0 aliphatic heterocycles. The Kier molecular flexibility index (Phi) is 3.83. The highest BCUT2D eigenvalue weighted by atomic mass is 28.4. The lowest BCUT2D eigenvalue weighted by Gasteiger charge is -2.36. The molecule has 1 heterocycles. The van der Waals surface area contributed by atoms with Gasteiger partial charge in [-0.1, -0.05) is 39.0 Å². The summed E-state index contributed by atoms with van der Waals surface area (Å²) < 4.78 is 8.22. The molecule has 0 saturated carbocycles.